The Labute approximate surface area is 174 Å². The molecule has 0 bridgehead atoms. The summed E-state index contributed by atoms with van der Waals surface area (Å²) in [4.78, 5) is 2.19. The second-order valence-electron chi connectivity index (χ2n) is 6.66. The Morgan fingerprint density at radius 2 is 1.70 bits per heavy atom. The number of nitrogens with zero attached hydrogens (tertiary/aromatic N) is 4. The molecule has 0 amide bonds. The highest BCUT2D eigenvalue weighted by Crippen LogP contribution is 2.31. The van der Waals surface area contributed by atoms with Crippen LogP contribution in [-0.4, -0.2) is 63.3 Å². The third kappa shape index (κ3) is 3.83. The van der Waals surface area contributed by atoms with Gasteiger partial charge in [-0.2, -0.15) is 4.31 Å². The fraction of sp³-hybridized carbons (Fsp3) is 0.300. The maximum Gasteiger partial charge on any atom is 0.243 e. The van der Waals surface area contributed by atoms with Crippen molar-refractivity contribution in [1.29, 1.82) is 0 Å². The fourth-order valence-electron chi connectivity index (χ4n) is 3.33. The molecule has 9 nitrogen and oxygen atoms in total. The molecular formula is C20H22N4O5S. The zero-order chi connectivity index (χ0) is 21.1. The number of aromatic nitrogens is 2. The molecule has 1 saturated heterocycles. The van der Waals surface area contributed by atoms with E-state index in [1.807, 2.05) is 23.1 Å². The number of sulfonamides is 1. The Balaban J connectivity index is 1.45. The first-order chi connectivity index (χ1) is 14.5. The normalized spacial score (nSPS) is 15.2. The van der Waals surface area contributed by atoms with E-state index in [-0.39, 0.29) is 4.90 Å². The predicted molar refractivity (Wildman–Crippen MR) is 110 cm³/mol. The second-order valence-corrected chi connectivity index (χ2v) is 8.60. The van der Waals surface area contributed by atoms with Crippen LogP contribution in [0.15, 0.2) is 58.0 Å². The molecular weight excluding hydrogens is 408 g/mol. The molecule has 4 rings (SSSR count). The van der Waals surface area contributed by atoms with E-state index in [1.54, 1.807) is 18.4 Å². The van der Waals surface area contributed by atoms with Crippen molar-refractivity contribution in [2.24, 2.45) is 0 Å². The van der Waals surface area contributed by atoms with Crippen LogP contribution in [-0.2, 0) is 10.0 Å². The quantitative estimate of drug-likeness (QED) is 0.587. The molecule has 30 heavy (non-hydrogen) atoms. The van der Waals surface area contributed by atoms with Crippen molar-refractivity contribution < 1.29 is 22.3 Å². The molecule has 0 atom stereocenters. The lowest BCUT2D eigenvalue weighted by Crippen LogP contribution is -2.49. The molecule has 10 heteroatoms. The minimum absolute atomic E-state index is 0.177. The van der Waals surface area contributed by atoms with E-state index in [9.17, 15) is 8.42 Å². The first-order valence-corrected chi connectivity index (χ1v) is 10.8. The first kappa shape index (κ1) is 20.2. The van der Waals surface area contributed by atoms with Gasteiger partial charge in [0, 0.05) is 32.2 Å². The molecule has 2 aromatic heterocycles. The summed E-state index contributed by atoms with van der Waals surface area (Å²) in [5, 5.41) is 8.47. The lowest BCUT2D eigenvalue weighted by Gasteiger charge is -2.34. The van der Waals surface area contributed by atoms with Crippen LogP contribution in [0.25, 0.3) is 11.5 Å². The maximum atomic E-state index is 13.0. The average Bonchev–Trinajstić information content (AvgIpc) is 3.34. The molecule has 1 aliphatic rings. The summed E-state index contributed by atoms with van der Waals surface area (Å²) in [6.45, 7) is 1.72. The minimum Gasteiger partial charge on any atom is -0.493 e. The van der Waals surface area contributed by atoms with E-state index in [0.717, 1.165) is 0 Å². The van der Waals surface area contributed by atoms with E-state index in [2.05, 4.69) is 10.2 Å². The molecule has 0 aliphatic carbocycles. The number of piperazine rings is 1. The van der Waals surface area contributed by atoms with Gasteiger partial charge in [0.1, 0.15) is 5.69 Å². The molecule has 1 aromatic carbocycles. The molecule has 0 saturated carbocycles. The third-order valence-corrected chi connectivity index (χ3v) is 6.87. The van der Waals surface area contributed by atoms with Gasteiger partial charge in [-0.15, -0.1) is 10.2 Å². The van der Waals surface area contributed by atoms with Crippen LogP contribution in [0, 0.1) is 0 Å². The Kier molecular flexibility index (Phi) is 5.60. The number of furan rings is 1. The maximum absolute atomic E-state index is 13.0. The zero-order valence-corrected chi connectivity index (χ0v) is 17.5. The van der Waals surface area contributed by atoms with Crippen LogP contribution >= 0.6 is 0 Å². The van der Waals surface area contributed by atoms with Crippen LogP contribution in [0.5, 0.6) is 11.5 Å². The molecule has 1 fully saturated rings. The summed E-state index contributed by atoms with van der Waals surface area (Å²) in [5.41, 5.74) is 0.651. The van der Waals surface area contributed by atoms with Gasteiger partial charge in [-0.05, 0) is 36.4 Å². The summed E-state index contributed by atoms with van der Waals surface area (Å²) >= 11 is 0. The van der Waals surface area contributed by atoms with Gasteiger partial charge in [0.25, 0.3) is 0 Å². The van der Waals surface area contributed by atoms with Crippen molar-refractivity contribution in [2.75, 3.05) is 45.3 Å². The molecule has 3 aromatic rings. The van der Waals surface area contributed by atoms with E-state index in [0.29, 0.717) is 55.0 Å². The van der Waals surface area contributed by atoms with Crippen LogP contribution in [0.1, 0.15) is 0 Å². The monoisotopic (exact) mass is 430 g/mol. The van der Waals surface area contributed by atoms with Crippen molar-refractivity contribution in [2.45, 2.75) is 4.90 Å². The summed E-state index contributed by atoms with van der Waals surface area (Å²) < 4.78 is 43.3. The number of hydrogen-bond acceptors (Lipinski definition) is 8. The van der Waals surface area contributed by atoms with Gasteiger partial charge < -0.3 is 18.8 Å². The van der Waals surface area contributed by atoms with E-state index >= 15 is 0 Å². The molecule has 1 aliphatic heterocycles. The minimum atomic E-state index is -3.64. The van der Waals surface area contributed by atoms with Crippen LogP contribution in [0.4, 0.5) is 5.82 Å². The van der Waals surface area contributed by atoms with Crippen molar-refractivity contribution in [1.82, 2.24) is 14.5 Å². The summed E-state index contributed by atoms with van der Waals surface area (Å²) in [6, 6.07) is 11.9. The van der Waals surface area contributed by atoms with Crippen LogP contribution in [0.2, 0.25) is 0 Å². The Hall–Kier alpha value is -3.11. The Bertz CT molecular complexity index is 1090. The molecule has 0 unspecified atom stereocenters. The molecule has 0 radical (unpaired) electrons. The molecule has 0 N–H and O–H groups in total. The second kappa shape index (κ2) is 8.33. The average molecular weight is 430 g/mol. The lowest BCUT2D eigenvalue weighted by atomic mass is 10.3. The molecule has 3 heterocycles. The summed E-state index contributed by atoms with van der Waals surface area (Å²) in [5.74, 6) is 2.22. The van der Waals surface area contributed by atoms with Crippen molar-refractivity contribution in [3.05, 3.63) is 48.7 Å². The highest BCUT2D eigenvalue weighted by Gasteiger charge is 2.30. The number of rotatable bonds is 6. The SMILES string of the molecule is COc1ccc(S(=O)(=O)N2CCN(c3ccc(-c4ccco4)nn3)CC2)cc1OC. The van der Waals surface area contributed by atoms with Crippen molar-refractivity contribution >= 4 is 15.8 Å². The van der Waals surface area contributed by atoms with Gasteiger partial charge in [-0.1, -0.05) is 0 Å². The number of ether oxygens (including phenoxy) is 2. The van der Waals surface area contributed by atoms with Gasteiger partial charge in [0.05, 0.1) is 25.4 Å². The Morgan fingerprint density at radius 3 is 2.30 bits per heavy atom. The highest BCUT2D eigenvalue weighted by atomic mass is 32.2. The standard InChI is InChI=1S/C20H22N4O5S/c1-27-18-7-5-15(14-19(18)28-2)30(25,26)24-11-9-23(10-12-24)20-8-6-16(21-22-20)17-4-3-13-29-17/h3-8,13-14H,9-12H2,1-2H3. The van der Waals surface area contributed by atoms with Crippen LogP contribution < -0.4 is 14.4 Å². The van der Waals surface area contributed by atoms with Crippen LogP contribution in [0.3, 0.4) is 0 Å². The summed E-state index contributed by atoms with van der Waals surface area (Å²) in [6.07, 6.45) is 1.59. The van der Waals surface area contributed by atoms with Gasteiger partial charge >= 0.3 is 0 Å². The van der Waals surface area contributed by atoms with E-state index < -0.39 is 10.0 Å². The van der Waals surface area contributed by atoms with Gasteiger partial charge in [-0.25, -0.2) is 8.42 Å². The largest absolute Gasteiger partial charge is 0.493 e. The topological polar surface area (TPSA) is 98.0 Å². The van der Waals surface area contributed by atoms with Gasteiger partial charge in [0.2, 0.25) is 10.0 Å². The number of methoxy groups -OCH3 is 2. The summed E-state index contributed by atoms with van der Waals surface area (Å²) in [7, 11) is -0.652. The van der Waals surface area contributed by atoms with Gasteiger partial charge in [-0.3, -0.25) is 0 Å². The van der Waals surface area contributed by atoms with E-state index in [1.165, 1.54) is 30.7 Å². The number of benzene rings is 1. The molecule has 0 spiro atoms. The van der Waals surface area contributed by atoms with Crippen molar-refractivity contribution in [3.63, 3.8) is 0 Å². The fourth-order valence-corrected chi connectivity index (χ4v) is 4.77. The zero-order valence-electron chi connectivity index (χ0n) is 16.7. The number of hydrogen-bond donors (Lipinski definition) is 0. The molecule has 158 valence electrons. The van der Waals surface area contributed by atoms with Gasteiger partial charge in [0.15, 0.2) is 23.1 Å². The lowest BCUT2D eigenvalue weighted by molar-refractivity contribution is 0.353. The number of anilines is 1. The predicted octanol–water partition coefficient (Wildman–Crippen LogP) is 2.26. The van der Waals surface area contributed by atoms with E-state index in [4.69, 9.17) is 13.9 Å². The third-order valence-electron chi connectivity index (χ3n) is 4.98. The smallest absolute Gasteiger partial charge is 0.243 e. The first-order valence-electron chi connectivity index (χ1n) is 9.37. The highest BCUT2D eigenvalue weighted by molar-refractivity contribution is 7.89. The van der Waals surface area contributed by atoms with Crippen molar-refractivity contribution in [3.8, 4) is 23.0 Å². The Morgan fingerprint density at radius 1 is 0.933 bits per heavy atom.